The van der Waals surface area contributed by atoms with Crippen molar-refractivity contribution in [1.29, 1.82) is 0 Å². The van der Waals surface area contributed by atoms with Gasteiger partial charge in [-0.1, -0.05) is 50.1 Å². The van der Waals surface area contributed by atoms with Gasteiger partial charge in [0.25, 0.3) is 0 Å². The average molecular weight is 302 g/mol. The van der Waals surface area contributed by atoms with Gasteiger partial charge in [0.05, 0.1) is 13.2 Å². The molecule has 2 nitrogen and oxygen atoms in total. The number of benzene rings is 1. The number of aryl methyl sites for hydroxylation is 1. The highest BCUT2D eigenvalue weighted by atomic mass is 16.7. The first-order valence-corrected chi connectivity index (χ1v) is 8.76. The molecule has 1 aromatic carbocycles. The average Bonchev–Trinajstić information content (AvgIpc) is 2.58. The lowest BCUT2D eigenvalue weighted by atomic mass is 10.0. The Morgan fingerprint density at radius 2 is 1.82 bits per heavy atom. The minimum absolute atomic E-state index is 0.173. The van der Waals surface area contributed by atoms with Crippen LogP contribution in [0, 0.1) is 5.92 Å². The molecule has 1 heterocycles. The van der Waals surface area contributed by atoms with E-state index in [9.17, 15) is 0 Å². The topological polar surface area (TPSA) is 18.5 Å². The Hall–Kier alpha value is -1.12. The molecule has 0 aliphatic carbocycles. The smallest absolute Gasteiger partial charge is 0.183 e. The van der Waals surface area contributed by atoms with E-state index >= 15 is 0 Å². The maximum atomic E-state index is 5.89. The van der Waals surface area contributed by atoms with Gasteiger partial charge in [0.15, 0.2) is 6.29 Å². The summed E-state index contributed by atoms with van der Waals surface area (Å²) in [6.45, 7) is 7.65. The molecule has 0 spiro atoms. The first-order chi connectivity index (χ1) is 10.8. The van der Waals surface area contributed by atoms with Crippen LogP contribution in [0.25, 0.3) is 0 Å². The van der Waals surface area contributed by atoms with Crippen molar-refractivity contribution >= 4 is 0 Å². The molecule has 0 saturated carbocycles. The van der Waals surface area contributed by atoms with Crippen molar-refractivity contribution in [2.24, 2.45) is 5.92 Å². The van der Waals surface area contributed by atoms with Crippen LogP contribution >= 0.6 is 0 Å². The molecule has 1 aliphatic rings. The Bertz CT molecular complexity index is 416. The summed E-state index contributed by atoms with van der Waals surface area (Å²) in [5.74, 6) is 0.570. The van der Waals surface area contributed by atoms with Crippen molar-refractivity contribution in [3.63, 3.8) is 0 Å². The van der Waals surface area contributed by atoms with Gasteiger partial charge in [-0.25, -0.2) is 0 Å². The van der Waals surface area contributed by atoms with Crippen LogP contribution in [0.15, 0.2) is 36.9 Å². The lowest BCUT2D eigenvalue weighted by molar-refractivity contribution is -0.206. The van der Waals surface area contributed by atoms with Crippen LogP contribution in [-0.2, 0) is 15.9 Å². The molecule has 0 radical (unpaired) electrons. The van der Waals surface area contributed by atoms with Crippen molar-refractivity contribution in [3.8, 4) is 0 Å². The van der Waals surface area contributed by atoms with Gasteiger partial charge in [-0.3, -0.25) is 0 Å². The standard InChI is InChI=1S/C20H30O2/c1-3-5-7-8-10-17-11-13-19(14-12-17)20-21-15-18(16-22-20)9-6-4-2/h3,11-14,18,20H,1,4-10,15-16H2,2H3. The highest BCUT2D eigenvalue weighted by Crippen LogP contribution is 2.27. The number of hydrogen-bond donors (Lipinski definition) is 0. The fraction of sp³-hybridized carbons (Fsp3) is 0.600. The molecule has 1 fully saturated rings. The third kappa shape index (κ3) is 5.58. The van der Waals surface area contributed by atoms with Gasteiger partial charge in [-0.15, -0.1) is 6.58 Å². The molecule has 1 aliphatic heterocycles. The number of unbranched alkanes of at least 4 members (excludes halogenated alkanes) is 3. The maximum Gasteiger partial charge on any atom is 0.183 e. The van der Waals surface area contributed by atoms with Gasteiger partial charge in [0.2, 0.25) is 0 Å². The first-order valence-electron chi connectivity index (χ1n) is 8.76. The van der Waals surface area contributed by atoms with Crippen LogP contribution in [0.3, 0.4) is 0 Å². The highest BCUT2D eigenvalue weighted by Gasteiger charge is 2.22. The summed E-state index contributed by atoms with van der Waals surface area (Å²) in [6.07, 6.45) is 10.2. The molecule has 0 bridgehead atoms. The number of rotatable bonds is 9. The van der Waals surface area contributed by atoms with Gasteiger partial charge in [-0.2, -0.15) is 0 Å². The maximum absolute atomic E-state index is 5.89. The van der Waals surface area contributed by atoms with Crippen LogP contribution in [-0.4, -0.2) is 13.2 Å². The molecule has 2 rings (SSSR count). The van der Waals surface area contributed by atoms with E-state index in [4.69, 9.17) is 9.47 Å². The Morgan fingerprint density at radius 1 is 1.09 bits per heavy atom. The zero-order valence-electron chi connectivity index (χ0n) is 13.9. The second kappa shape index (κ2) is 9.81. The van der Waals surface area contributed by atoms with Gasteiger partial charge >= 0.3 is 0 Å². The summed E-state index contributed by atoms with van der Waals surface area (Å²) < 4.78 is 11.8. The Kier molecular flexibility index (Phi) is 7.68. The zero-order valence-corrected chi connectivity index (χ0v) is 13.9. The van der Waals surface area contributed by atoms with E-state index in [0.29, 0.717) is 5.92 Å². The molecule has 0 unspecified atom stereocenters. The molecule has 0 N–H and O–H groups in total. The van der Waals surface area contributed by atoms with Crippen molar-refractivity contribution in [3.05, 3.63) is 48.0 Å². The summed E-state index contributed by atoms with van der Waals surface area (Å²) in [6, 6.07) is 8.72. The van der Waals surface area contributed by atoms with Crippen molar-refractivity contribution < 1.29 is 9.47 Å². The summed E-state index contributed by atoms with van der Waals surface area (Å²) in [5, 5.41) is 0. The highest BCUT2D eigenvalue weighted by molar-refractivity contribution is 5.23. The molecule has 1 aromatic rings. The largest absolute Gasteiger partial charge is 0.348 e. The first kappa shape index (κ1) is 17.2. The number of allylic oxidation sites excluding steroid dienone is 1. The molecule has 1 saturated heterocycles. The Balaban J connectivity index is 1.75. The predicted molar refractivity (Wildman–Crippen MR) is 91.9 cm³/mol. The molecule has 0 aromatic heterocycles. The molecular weight excluding hydrogens is 272 g/mol. The molecule has 2 heteroatoms. The van der Waals surface area contributed by atoms with Crippen LogP contribution in [0.5, 0.6) is 0 Å². The summed E-state index contributed by atoms with van der Waals surface area (Å²) in [7, 11) is 0. The van der Waals surface area contributed by atoms with Crippen LogP contribution in [0.1, 0.15) is 62.9 Å². The lowest BCUT2D eigenvalue weighted by Gasteiger charge is -2.29. The molecule has 22 heavy (non-hydrogen) atoms. The lowest BCUT2D eigenvalue weighted by Crippen LogP contribution is -2.27. The fourth-order valence-electron chi connectivity index (χ4n) is 2.85. The minimum atomic E-state index is -0.173. The predicted octanol–water partition coefficient (Wildman–Crippen LogP) is 5.44. The van der Waals surface area contributed by atoms with Gasteiger partial charge in [0.1, 0.15) is 0 Å². The molecule has 0 amide bonds. The minimum Gasteiger partial charge on any atom is -0.348 e. The monoisotopic (exact) mass is 302 g/mol. The fourth-order valence-corrected chi connectivity index (χ4v) is 2.85. The third-order valence-corrected chi connectivity index (χ3v) is 4.31. The van der Waals surface area contributed by atoms with E-state index < -0.39 is 0 Å². The van der Waals surface area contributed by atoms with E-state index in [2.05, 4.69) is 37.8 Å². The van der Waals surface area contributed by atoms with E-state index in [1.54, 1.807) is 0 Å². The third-order valence-electron chi connectivity index (χ3n) is 4.31. The van der Waals surface area contributed by atoms with Crippen LogP contribution < -0.4 is 0 Å². The SMILES string of the molecule is C=CCCCCc1ccc(C2OCC(CCCC)CO2)cc1. The van der Waals surface area contributed by atoms with E-state index in [1.807, 2.05) is 6.08 Å². The van der Waals surface area contributed by atoms with Crippen LogP contribution in [0.2, 0.25) is 0 Å². The van der Waals surface area contributed by atoms with Gasteiger partial charge in [0, 0.05) is 11.5 Å². The zero-order chi connectivity index (χ0) is 15.6. The Morgan fingerprint density at radius 3 is 2.45 bits per heavy atom. The Labute approximate surface area is 135 Å². The summed E-state index contributed by atoms with van der Waals surface area (Å²) >= 11 is 0. The van der Waals surface area contributed by atoms with E-state index in [1.165, 1.54) is 37.7 Å². The molecular formula is C20H30O2. The van der Waals surface area contributed by atoms with Crippen molar-refractivity contribution in [2.75, 3.05) is 13.2 Å². The van der Waals surface area contributed by atoms with Crippen molar-refractivity contribution in [2.45, 2.75) is 58.2 Å². The van der Waals surface area contributed by atoms with E-state index in [0.717, 1.165) is 31.6 Å². The second-order valence-electron chi connectivity index (χ2n) is 6.28. The van der Waals surface area contributed by atoms with Crippen molar-refractivity contribution in [1.82, 2.24) is 0 Å². The van der Waals surface area contributed by atoms with Crippen LogP contribution in [0.4, 0.5) is 0 Å². The normalized spacial score (nSPS) is 21.7. The number of ether oxygens (including phenoxy) is 2. The van der Waals surface area contributed by atoms with Gasteiger partial charge < -0.3 is 9.47 Å². The molecule has 122 valence electrons. The quantitative estimate of drug-likeness (QED) is 0.447. The molecule has 0 atom stereocenters. The number of hydrogen-bond acceptors (Lipinski definition) is 2. The van der Waals surface area contributed by atoms with E-state index in [-0.39, 0.29) is 6.29 Å². The second-order valence-corrected chi connectivity index (χ2v) is 6.28. The summed E-state index contributed by atoms with van der Waals surface area (Å²) in [4.78, 5) is 0. The summed E-state index contributed by atoms with van der Waals surface area (Å²) in [5.41, 5.74) is 2.54. The van der Waals surface area contributed by atoms with Gasteiger partial charge in [-0.05, 0) is 37.7 Å².